The fourth-order valence-electron chi connectivity index (χ4n) is 3.14. The van der Waals surface area contributed by atoms with Crippen LogP contribution in [0.5, 0.6) is 11.5 Å². The van der Waals surface area contributed by atoms with Crippen molar-refractivity contribution < 1.29 is 14.3 Å². The van der Waals surface area contributed by atoms with E-state index in [-0.39, 0.29) is 12.0 Å². The minimum atomic E-state index is -0.00313. The van der Waals surface area contributed by atoms with Crippen molar-refractivity contribution in [2.24, 2.45) is 0 Å². The van der Waals surface area contributed by atoms with E-state index >= 15 is 0 Å². The molecule has 25 heavy (non-hydrogen) atoms. The van der Waals surface area contributed by atoms with E-state index in [1.54, 1.807) is 7.11 Å². The molecule has 0 saturated carbocycles. The number of benzene rings is 2. The van der Waals surface area contributed by atoms with Gasteiger partial charge in [0, 0.05) is 31.5 Å². The van der Waals surface area contributed by atoms with Crippen molar-refractivity contribution in [1.82, 2.24) is 4.90 Å². The molecule has 0 spiro atoms. The maximum Gasteiger partial charge on any atom is 0.245 e. The van der Waals surface area contributed by atoms with Gasteiger partial charge in [-0.2, -0.15) is 0 Å². The molecule has 0 atom stereocenters. The molecule has 0 aromatic heterocycles. The number of ether oxygens (including phenoxy) is 2. The van der Waals surface area contributed by atoms with Crippen molar-refractivity contribution in [3.8, 4) is 22.6 Å². The van der Waals surface area contributed by atoms with Crippen molar-refractivity contribution in [2.75, 3.05) is 20.2 Å². The van der Waals surface area contributed by atoms with Crippen LogP contribution in [-0.4, -0.2) is 37.1 Å². The lowest BCUT2D eigenvalue weighted by Crippen LogP contribution is -2.41. The normalized spacial score (nSPS) is 14.8. The van der Waals surface area contributed by atoms with Gasteiger partial charge in [-0.3, -0.25) is 4.79 Å². The summed E-state index contributed by atoms with van der Waals surface area (Å²) in [7, 11) is 1.68. The summed E-state index contributed by atoms with van der Waals surface area (Å²) in [5, 5.41) is 0. The topological polar surface area (TPSA) is 38.8 Å². The summed E-state index contributed by atoms with van der Waals surface area (Å²) in [6.07, 6.45) is 3.16. The Morgan fingerprint density at radius 3 is 2.64 bits per heavy atom. The molecule has 0 N–H and O–H groups in total. The van der Waals surface area contributed by atoms with Crippen LogP contribution in [0.3, 0.4) is 0 Å². The van der Waals surface area contributed by atoms with Gasteiger partial charge in [0.05, 0.1) is 7.11 Å². The molecule has 4 heteroatoms. The van der Waals surface area contributed by atoms with Crippen LogP contribution in [0.2, 0.25) is 0 Å². The number of nitrogens with zero attached hydrogens (tertiary/aromatic N) is 1. The first-order chi connectivity index (χ1) is 12.2. The summed E-state index contributed by atoms with van der Waals surface area (Å²) in [4.78, 5) is 13.5. The Balaban J connectivity index is 1.69. The Hall–Kier alpha value is -2.75. The second-order valence-electron chi connectivity index (χ2n) is 6.07. The number of rotatable bonds is 5. The molecule has 2 aromatic rings. The van der Waals surface area contributed by atoms with Gasteiger partial charge in [-0.1, -0.05) is 36.9 Å². The van der Waals surface area contributed by atoms with Gasteiger partial charge in [-0.05, 0) is 29.8 Å². The molecule has 1 aliphatic rings. The van der Waals surface area contributed by atoms with Crippen LogP contribution in [0.15, 0.2) is 61.2 Å². The number of hydrogen-bond acceptors (Lipinski definition) is 3. The van der Waals surface area contributed by atoms with E-state index in [4.69, 9.17) is 9.47 Å². The Kier molecular flexibility index (Phi) is 5.39. The van der Waals surface area contributed by atoms with Crippen molar-refractivity contribution in [3.05, 3.63) is 61.2 Å². The number of methoxy groups -OCH3 is 1. The molecule has 1 heterocycles. The van der Waals surface area contributed by atoms with E-state index in [0.29, 0.717) is 13.1 Å². The van der Waals surface area contributed by atoms with Gasteiger partial charge in [0.1, 0.15) is 17.6 Å². The molecule has 1 amide bonds. The zero-order valence-electron chi connectivity index (χ0n) is 14.5. The molecule has 1 aliphatic heterocycles. The van der Waals surface area contributed by atoms with Gasteiger partial charge in [-0.15, -0.1) is 0 Å². The highest BCUT2D eigenvalue weighted by Gasteiger charge is 2.22. The van der Waals surface area contributed by atoms with Crippen LogP contribution in [0.1, 0.15) is 12.8 Å². The summed E-state index contributed by atoms with van der Waals surface area (Å²) < 4.78 is 11.6. The molecule has 1 fully saturated rings. The molecule has 4 nitrogen and oxygen atoms in total. The largest absolute Gasteiger partial charge is 0.496 e. The molecule has 3 rings (SSSR count). The SMILES string of the molecule is C=CC(=O)N1CCC(Oc2cccc(-c3ccccc3OC)c2)CC1. The average Bonchev–Trinajstić information content (AvgIpc) is 2.68. The van der Waals surface area contributed by atoms with E-state index < -0.39 is 0 Å². The molecule has 0 aliphatic carbocycles. The summed E-state index contributed by atoms with van der Waals surface area (Å²) in [5.41, 5.74) is 2.11. The number of amides is 1. The van der Waals surface area contributed by atoms with Crippen LogP contribution in [0.25, 0.3) is 11.1 Å². The van der Waals surface area contributed by atoms with Crippen LogP contribution in [-0.2, 0) is 4.79 Å². The van der Waals surface area contributed by atoms with Gasteiger partial charge < -0.3 is 14.4 Å². The summed E-state index contributed by atoms with van der Waals surface area (Å²) in [5.74, 6) is 1.68. The van der Waals surface area contributed by atoms with Crippen LogP contribution in [0.4, 0.5) is 0 Å². The number of piperidine rings is 1. The molecule has 0 unspecified atom stereocenters. The van der Waals surface area contributed by atoms with Gasteiger partial charge in [0.2, 0.25) is 5.91 Å². The monoisotopic (exact) mass is 337 g/mol. The quantitative estimate of drug-likeness (QED) is 0.776. The maximum atomic E-state index is 11.6. The maximum absolute atomic E-state index is 11.6. The first-order valence-corrected chi connectivity index (χ1v) is 8.52. The third-order valence-corrected chi connectivity index (χ3v) is 4.48. The first kappa shape index (κ1) is 17.1. The molecular formula is C21H23NO3. The molecule has 1 saturated heterocycles. The number of likely N-dealkylation sites (tertiary alicyclic amines) is 1. The van der Waals surface area contributed by atoms with Crippen molar-refractivity contribution in [3.63, 3.8) is 0 Å². The third-order valence-electron chi connectivity index (χ3n) is 4.48. The van der Waals surface area contributed by atoms with Crippen molar-refractivity contribution in [1.29, 1.82) is 0 Å². The van der Waals surface area contributed by atoms with Gasteiger partial charge in [0.15, 0.2) is 0 Å². The number of para-hydroxylation sites is 1. The van der Waals surface area contributed by atoms with E-state index in [2.05, 4.69) is 12.6 Å². The third kappa shape index (κ3) is 4.02. The Morgan fingerprint density at radius 1 is 1.16 bits per heavy atom. The Morgan fingerprint density at radius 2 is 1.92 bits per heavy atom. The van der Waals surface area contributed by atoms with Crippen LogP contribution in [0, 0.1) is 0 Å². The number of carbonyl (C=O) groups excluding carboxylic acids is 1. The van der Waals surface area contributed by atoms with Crippen molar-refractivity contribution in [2.45, 2.75) is 18.9 Å². The van der Waals surface area contributed by atoms with Gasteiger partial charge in [0.25, 0.3) is 0 Å². The lowest BCUT2D eigenvalue weighted by Gasteiger charge is -2.31. The summed E-state index contributed by atoms with van der Waals surface area (Å²) in [6.45, 7) is 4.96. The van der Waals surface area contributed by atoms with E-state index in [9.17, 15) is 4.79 Å². The fraction of sp³-hybridized carbons (Fsp3) is 0.286. The highest BCUT2D eigenvalue weighted by atomic mass is 16.5. The predicted octanol–water partition coefficient (Wildman–Crippen LogP) is 3.92. The standard InChI is InChI=1S/C21H23NO3/c1-3-21(23)22-13-11-17(12-14-22)25-18-8-6-7-16(15-18)19-9-4-5-10-20(19)24-2/h3-10,15,17H,1,11-14H2,2H3. The van der Waals surface area contributed by atoms with Crippen molar-refractivity contribution >= 4 is 5.91 Å². The van der Waals surface area contributed by atoms with Gasteiger partial charge in [-0.25, -0.2) is 0 Å². The van der Waals surface area contributed by atoms with E-state index in [1.165, 1.54) is 6.08 Å². The van der Waals surface area contributed by atoms with E-state index in [1.807, 2.05) is 47.4 Å². The first-order valence-electron chi connectivity index (χ1n) is 8.52. The van der Waals surface area contributed by atoms with Crippen LogP contribution < -0.4 is 9.47 Å². The molecule has 0 bridgehead atoms. The van der Waals surface area contributed by atoms with Gasteiger partial charge >= 0.3 is 0 Å². The fourth-order valence-corrected chi connectivity index (χ4v) is 3.14. The lowest BCUT2D eigenvalue weighted by molar-refractivity contribution is -0.127. The second kappa shape index (κ2) is 7.88. The number of hydrogen-bond donors (Lipinski definition) is 0. The minimum absolute atomic E-state index is 0.00313. The molecule has 2 aromatic carbocycles. The Bertz CT molecular complexity index is 748. The number of carbonyl (C=O) groups is 1. The molecule has 0 radical (unpaired) electrons. The summed E-state index contributed by atoms with van der Waals surface area (Å²) in [6, 6.07) is 16.0. The zero-order valence-corrected chi connectivity index (χ0v) is 14.5. The van der Waals surface area contributed by atoms with Crippen LogP contribution >= 0.6 is 0 Å². The zero-order chi connectivity index (χ0) is 17.6. The highest BCUT2D eigenvalue weighted by Crippen LogP contribution is 2.32. The predicted molar refractivity (Wildman–Crippen MR) is 98.9 cm³/mol. The molecular weight excluding hydrogens is 314 g/mol. The minimum Gasteiger partial charge on any atom is -0.496 e. The van der Waals surface area contributed by atoms with E-state index in [0.717, 1.165) is 35.5 Å². The Labute approximate surface area is 148 Å². The molecule has 130 valence electrons. The summed E-state index contributed by atoms with van der Waals surface area (Å²) >= 11 is 0. The lowest BCUT2D eigenvalue weighted by atomic mass is 10.0. The smallest absolute Gasteiger partial charge is 0.245 e. The highest BCUT2D eigenvalue weighted by molar-refractivity contribution is 5.87. The second-order valence-corrected chi connectivity index (χ2v) is 6.07. The average molecular weight is 337 g/mol.